The Bertz CT molecular complexity index is 648. The second-order valence-corrected chi connectivity index (χ2v) is 4.67. The molecule has 0 atom stereocenters. The van der Waals surface area contributed by atoms with Crippen LogP contribution in [0.3, 0.4) is 0 Å². The number of benzene rings is 1. The van der Waals surface area contributed by atoms with Crippen LogP contribution in [0, 0.1) is 0 Å². The smallest absolute Gasteiger partial charge is 0.163 e. The molecule has 1 aromatic carbocycles. The molecule has 0 radical (unpaired) electrons. The number of allylic oxidation sites excluding steroid dienone is 2. The van der Waals surface area contributed by atoms with Crippen LogP contribution in [0.5, 0.6) is 11.5 Å². The normalized spacial score (nSPS) is 11.3. The third-order valence-corrected chi connectivity index (χ3v) is 3.20. The third kappa shape index (κ3) is 5.50. The maximum absolute atomic E-state index is 12.2. The van der Waals surface area contributed by atoms with Gasteiger partial charge in [0, 0.05) is 31.3 Å². The molecule has 1 aromatic rings. The van der Waals surface area contributed by atoms with Gasteiger partial charge in [0.05, 0.1) is 14.2 Å². The number of hydrogen-bond acceptors (Lipinski definition) is 6. The Kier molecular flexibility index (Phi) is 7.39. The van der Waals surface area contributed by atoms with Crippen molar-refractivity contribution in [2.45, 2.75) is 19.8 Å². The van der Waals surface area contributed by atoms with Crippen LogP contribution < -0.4 is 9.47 Å². The fourth-order valence-corrected chi connectivity index (χ4v) is 1.86. The first-order chi connectivity index (χ1) is 11.0. The van der Waals surface area contributed by atoms with Crippen LogP contribution in [-0.2, 0) is 4.79 Å². The van der Waals surface area contributed by atoms with Crippen LogP contribution in [-0.4, -0.2) is 38.7 Å². The van der Waals surface area contributed by atoms with Gasteiger partial charge in [-0.3, -0.25) is 9.59 Å². The number of nitrogens with zero attached hydrogens (tertiary/aromatic N) is 2. The Morgan fingerprint density at radius 1 is 1.17 bits per heavy atom. The van der Waals surface area contributed by atoms with Crippen molar-refractivity contribution in [2.75, 3.05) is 14.2 Å². The van der Waals surface area contributed by atoms with Crippen LogP contribution >= 0.6 is 0 Å². The molecule has 122 valence electrons. The number of Topliss-reactive ketones (excluding diaryl/α,β-unsaturated/α-hetero) is 2. The molecule has 0 N–H and O–H groups in total. The monoisotopic (exact) mass is 316 g/mol. The van der Waals surface area contributed by atoms with E-state index >= 15 is 0 Å². The summed E-state index contributed by atoms with van der Waals surface area (Å²) in [5.74, 6) is 0.783. The summed E-state index contributed by atoms with van der Waals surface area (Å²) in [7, 11) is 3.03. The van der Waals surface area contributed by atoms with Gasteiger partial charge >= 0.3 is 0 Å². The Hall–Kier alpha value is -2.76. The van der Waals surface area contributed by atoms with Crippen molar-refractivity contribution in [3.8, 4) is 11.5 Å². The fourth-order valence-electron chi connectivity index (χ4n) is 1.86. The van der Waals surface area contributed by atoms with E-state index in [1.54, 1.807) is 25.1 Å². The third-order valence-electron chi connectivity index (χ3n) is 3.20. The van der Waals surface area contributed by atoms with Gasteiger partial charge < -0.3 is 9.47 Å². The topological polar surface area (TPSA) is 77.3 Å². The van der Waals surface area contributed by atoms with Crippen molar-refractivity contribution in [1.82, 2.24) is 0 Å². The highest BCUT2D eigenvalue weighted by Crippen LogP contribution is 2.28. The Labute approximate surface area is 135 Å². The molecule has 1 rings (SSSR count). The van der Waals surface area contributed by atoms with Gasteiger partial charge in [-0.05, 0) is 36.8 Å². The van der Waals surface area contributed by atoms with E-state index in [1.807, 2.05) is 0 Å². The average Bonchev–Trinajstić information content (AvgIpc) is 2.58. The van der Waals surface area contributed by atoms with Gasteiger partial charge in [-0.2, -0.15) is 10.2 Å². The van der Waals surface area contributed by atoms with E-state index in [1.165, 1.54) is 26.5 Å². The molecule has 0 aliphatic carbocycles. The zero-order valence-corrected chi connectivity index (χ0v) is 13.5. The lowest BCUT2D eigenvalue weighted by Crippen LogP contribution is -2.06. The van der Waals surface area contributed by atoms with Gasteiger partial charge in [-0.25, -0.2) is 0 Å². The standard InChI is InChI=1S/C17H20N2O4/c1-12(9-10-19-18-2)14(20)6-7-15(21)13-5-8-16(22-3)17(11-13)23-4/h5,8-11H,2,6-7H2,1,3-4H3/b12-9+,19-10-. The van der Waals surface area contributed by atoms with Crippen molar-refractivity contribution in [3.05, 3.63) is 35.4 Å². The molecule has 0 heterocycles. The minimum atomic E-state index is -0.131. The summed E-state index contributed by atoms with van der Waals surface area (Å²) in [6.45, 7) is 4.86. The number of carbonyl (C=O) groups is 2. The molecule has 0 saturated heterocycles. The second kappa shape index (κ2) is 9.30. The van der Waals surface area contributed by atoms with Crippen LogP contribution in [0.2, 0.25) is 0 Å². The van der Waals surface area contributed by atoms with Crippen LogP contribution in [0.15, 0.2) is 40.1 Å². The minimum Gasteiger partial charge on any atom is -0.493 e. The van der Waals surface area contributed by atoms with Gasteiger partial charge in [0.15, 0.2) is 23.1 Å². The summed E-state index contributed by atoms with van der Waals surface area (Å²) in [6, 6.07) is 4.92. The zero-order chi connectivity index (χ0) is 17.2. The van der Waals surface area contributed by atoms with E-state index in [4.69, 9.17) is 9.47 Å². The molecule has 6 heteroatoms. The van der Waals surface area contributed by atoms with Crippen LogP contribution in [0.4, 0.5) is 0 Å². The van der Waals surface area contributed by atoms with E-state index in [0.717, 1.165) is 0 Å². The summed E-state index contributed by atoms with van der Waals surface area (Å²) < 4.78 is 10.3. The van der Waals surface area contributed by atoms with E-state index in [0.29, 0.717) is 22.6 Å². The quantitative estimate of drug-likeness (QED) is 0.304. The highest BCUT2D eigenvalue weighted by Gasteiger charge is 2.13. The van der Waals surface area contributed by atoms with Crippen molar-refractivity contribution in [1.29, 1.82) is 0 Å². The highest BCUT2D eigenvalue weighted by molar-refractivity contribution is 6.03. The molecule has 0 bridgehead atoms. The van der Waals surface area contributed by atoms with Gasteiger partial charge in [-0.1, -0.05) is 0 Å². The molecular weight excluding hydrogens is 296 g/mol. The summed E-state index contributed by atoms with van der Waals surface area (Å²) in [4.78, 5) is 24.1. The lowest BCUT2D eigenvalue weighted by molar-refractivity contribution is -0.115. The molecule has 0 fully saturated rings. The maximum atomic E-state index is 12.2. The highest BCUT2D eigenvalue weighted by atomic mass is 16.5. The first-order valence-corrected chi connectivity index (χ1v) is 6.97. The molecule has 6 nitrogen and oxygen atoms in total. The van der Waals surface area contributed by atoms with Gasteiger partial charge in [0.1, 0.15) is 0 Å². The lowest BCUT2D eigenvalue weighted by Gasteiger charge is -2.09. The lowest BCUT2D eigenvalue weighted by atomic mass is 10.0. The predicted molar refractivity (Wildman–Crippen MR) is 89.9 cm³/mol. The Morgan fingerprint density at radius 2 is 1.87 bits per heavy atom. The van der Waals surface area contributed by atoms with Gasteiger partial charge in [-0.15, -0.1) is 0 Å². The van der Waals surface area contributed by atoms with Crippen LogP contribution in [0.1, 0.15) is 30.1 Å². The van der Waals surface area contributed by atoms with Crippen molar-refractivity contribution in [3.63, 3.8) is 0 Å². The number of methoxy groups -OCH3 is 2. The SMILES string of the molecule is C=N/N=C\C=C(/C)C(=O)CCC(=O)c1ccc(OC)c(OC)c1. The Morgan fingerprint density at radius 3 is 2.48 bits per heavy atom. The molecule has 0 aliphatic heterocycles. The minimum absolute atomic E-state index is 0.116. The van der Waals surface area contributed by atoms with Crippen molar-refractivity contribution < 1.29 is 19.1 Å². The largest absolute Gasteiger partial charge is 0.493 e. The predicted octanol–water partition coefficient (Wildman–Crippen LogP) is 2.87. The van der Waals surface area contributed by atoms with E-state index in [9.17, 15) is 9.59 Å². The molecule has 0 aromatic heterocycles. The molecular formula is C17H20N2O4. The fraction of sp³-hybridized carbons (Fsp3) is 0.294. The zero-order valence-electron chi connectivity index (χ0n) is 13.5. The van der Waals surface area contributed by atoms with Crippen molar-refractivity contribution in [2.24, 2.45) is 10.2 Å². The van der Waals surface area contributed by atoms with Gasteiger partial charge in [0.2, 0.25) is 0 Å². The molecule has 0 saturated carbocycles. The molecule has 0 unspecified atom stereocenters. The van der Waals surface area contributed by atoms with Crippen molar-refractivity contribution >= 4 is 24.5 Å². The number of rotatable bonds is 9. The maximum Gasteiger partial charge on any atom is 0.163 e. The molecule has 0 aliphatic rings. The summed E-state index contributed by atoms with van der Waals surface area (Å²) >= 11 is 0. The first-order valence-electron chi connectivity index (χ1n) is 6.97. The number of ketones is 2. The van der Waals surface area contributed by atoms with Crippen LogP contribution in [0.25, 0.3) is 0 Å². The average molecular weight is 316 g/mol. The number of ether oxygens (including phenoxy) is 2. The van der Waals surface area contributed by atoms with E-state index < -0.39 is 0 Å². The van der Waals surface area contributed by atoms with E-state index in [2.05, 4.69) is 16.9 Å². The number of carbonyl (C=O) groups excluding carboxylic acids is 2. The second-order valence-electron chi connectivity index (χ2n) is 4.67. The first kappa shape index (κ1) is 18.3. The van der Waals surface area contributed by atoms with Gasteiger partial charge in [0.25, 0.3) is 0 Å². The molecule has 23 heavy (non-hydrogen) atoms. The summed E-state index contributed by atoms with van der Waals surface area (Å²) in [6.07, 6.45) is 3.18. The molecule has 0 spiro atoms. The number of hydrogen-bond donors (Lipinski definition) is 0. The molecule has 0 amide bonds. The Balaban J connectivity index is 2.70. The van der Waals surface area contributed by atoms with E-state index in [-0.39, 0.29) is 24.4 Å². The summed E-state index contributed by atoms with van der Waals surface area (Å²) in [5, 5.41) is 6.84. The summed E-state index contributed by atoms with van der Waals surface area (Å²) in [5.41, 5.74) is 0.993.